The summed E-state index contributed by atoms with van der Waals surface area (Å²) >= 11 is 0. The van der Waals surface area contributed by atoms with Gasteiger partial charge in [0.2, 0.25) is 5.91 Å². The van der Waals surface area contributed by atoms with Crippen molar-refractivity contribution in [1.29, 1.82) is 0 Å². The molecule has 2 heterocycles. The molecule has 2 aromatic carbocycles. The van der Waals surface area contributed by atoms with Crippen LogP contribution in [0.15, 0.2) is 48.5 Å². The third-order valence-corrected chi connectivity index (χ3v) is 6.24. The molecule has 2 saturated heterocycles. The first-order valence-electron chi connectivity index (χ1n) is 10.3. The van der Waals surface area contributed by atoms with Gasteiger partial charge in [0, 0.05) is 0 Å². The predicted molar refractivity (Wildman–Crippen MR) is 111 cm³/mol. The van der Waals surface area contributed by atoms with Crippen molar-refractivity contribution in [3.05, 3.63) is 65.2 Å². The van der Waals surface area contributed by atoms with Crippen LogP contribution in [0.4, 0.5) is 5.69 Å². The average Bonchev–Trinajstić information content (AvgIpc) is 2.98. The zero-order chi connectivity index (χ0) is 19.7. The molecule has 4 heteroatoms. The SMILES string of the molecule is Cc1cccc(C)c1N1C(=O)C[C@@H](N2CCC(Cc3ccccc3)CC2)C1=O. The Morgan fingerprint density at radius 2 is 1.54 bits per heavy atom. The van der Waals surface area contributed by atoms with E-state index in [2.05, 4.69) is 35.2 Å². The molecule has 0 N–H and O–H groups in total. The number of para-hydroxylation sites is 1. The first kappa shape index (κ1) is 18.9. The van der Waals surface area contributed by atoms with Gasteiger partial charge in [-0.15, -0.1) is 0 Å². The van der Waals surface area contributed by atoms with Crippen molar-refractivity contribution in [3.8, 4) is 0 Å². The molecule has 0 unspecified atom stereocenters. The third-order valence-electron chi connectivity index (χ3n) is 6.24. The molecule has 0 aromatic heterocycles. The monoisotopic (exact) mass is 376 g/mol. The van der Waals surface area contributed by atoms with Gasteiger partial charge in [0.1, 0.15) is 0 Å². The number of aryl methyl sites for hydroxylation is 2. The number of piperidine rings is 1. The van der Waals surface area contributed by atoms with Gasteiger partial charge in [-0.25, -0.2) is 4.90 Å². The van der Waals surface area contributed by atoms with Crippen molar-refractivity contribution in [2.24, 2.45) is 5.92 Å². The molecular weight excluding hydrogens is 348 g/mol. The van der Waals surface area contributed by atoms with Gasteiger partial charge in [-0.3, -0.25) is 14.5 Å². The number of rotatable bonds is 4. The van der Waals surface area contributed by atoms with Gasteiger partial charge in [-0.1, -0.05) is 48.5 Å². The largest absolute Gasteiger partial charge is 0.292 e. The fourth-order valence-electron chi connectivity index (χ4n) is 4.71. The van der Waals surface area contributed by atoms with Crippen molar-refractivity contribution >= 4 is 17.5 Å². The van der Waals surface area contributed by atoms with E-state index in [1.807, 2.05) is 32.0 Å². The van der Waals surface area contributed by atoms with E-state index in [-0.39, 0.29) is 17.9 Å². The molecular formula is C24H28N2O2. The Kier molecular flexibility index (Phi) is 5.31. The Hall–Kier alpha value is -2.46. The van der Waals surface area contributed by atoms with Crippen LogP contribution in [0.2, 0.25) is 0 Å². The van der Waals surface area contributed by atoms with Crippen LogP contribution >= 0.6 is 0 Å². The first-order chi connectivity index (χ1) is 13.5. The van der Waals surface area contributed by atoms with Crippen LogP contribution in [-0.2, 0) is 16.0 Å². The summed E-state index contributed by atoms with van der Waals surface area (Å²) in [6.07, 6.45) is 3.56. The molecule has 0 bridgehead atoms. The number of carbonyl (C=O) groups excluding carboxylic acids is 2. The Morgan fingerprint density at radius 1 is 0.893 bits per heavy atom. The summed E-state index contributed by atoms with van der Waals surface area (Å²) in [5.74, 6) is 0.531. The van der Waals surface area contributed by atoms with Crippen LogP contribution < -0.4 is 4.90 Å². The van der Waals surface area contributed by atoms with Gasteiger partial charge >= 0.3 is 0 Å². The van der Waals surface area contributed by atoms with E-state index < -0.39 is 0 Å². The highest BCUT2D eigenvalue weighted by atomic mass is 16.2. The second-order valence-corrected chi connectivity index (χ2v) is 8.20. The van der Waals surface area contributed by atoms with E-state index in [1.54, 1.807) is 0 Å². The molecule has 28 heavy (non-hydrogen) atoms. The molecule has 0 aliphatic carbocycles. The minimum atomic E-state index is -0.302. The van der Waals surface area contributed by atoms with Crippen molar-refractivity contribution in [3.63, 3.8) is 0 Å². The number of imide groups is 1. The summed E-state index contributed by atoms with van der Waals surface area (Å²) in [7, 11) is 0. The van der Waals surface area contributed by atoms with E-state index in [4.69, 9.17) is 0 Å². The van der Waals surface area contributed by atoms with E-state index in [9.17, 15) is 9.59 Å². The topological polar surface area (TPSA) is 40.6 Å². The summed E-state index contributed by atoms with van der Waals surface area (Å²) in [4.78, 5) is 29.6. The van der Waals surface area contributed by atoms with E-state index in [0.29, 0.717) is 12.3 Å². The quantitative estimate of drug-likeness (QED) is 0.760. The van der Waals surface area contributed by atoms with Crippen LogP contribution in [-0.4, -0.2) is 35.8 Å². The van der Waals surface area contributed by atoms with Crippen molar-refractivity contribution in [2.45, 2.75) is 45.6 Å². The second kappa shape index (κ2) is 7.88. The summed E-state index contributed by atoms with van der Waals surface area (Å²) in [6, 6.07) is 16.2. The molecule has 4 nitrogen and oxygen atoms in total. The Balaban J connectivity index is 1.42. The molecule has 146 valence electrons. The van der Waals surface area contributed by atoms with Crippen LogP contribution in [0.3, 0.4) is 0 Å². The van der Waals surface area contributed by atoms with Gasteiger partial charge in [0.25, 0.3) is 5.91 Å². The molecule has 0 saturated carbocycles. The van der Waals surface area contributed by atoms with Crippen LogP contribution in [0, 0.1) is 19.8 Å². The van der Waals surface area contributed by atoms with Crippen LogP contribution in [0.25, 0.3) is 0 Å². The molecule has 2 amide bonds. The lowest BCUT2D eigenvalue weighted by Gasteiger charge is -2.35. The van der Waals surface area contributed by atoms with Gasteiger partial charge in [0.05, 0.1) is 18.2 Å². The molecule has 0 radical (unpaired) electrons. The maximum Gasteiger partial charge on any atom is 0.251 e. The number of nitrogens with zero attached hydrogens (tertiary/aromatic N) is 2. The lowest BCUT2D eigenvalue weighted by Crippen LogP contribution is -2.46. The summed E-state index contributed by atoms with van der Waals surface area (Å²) in [5, 5.41) is 0. The number of carbonyl (C=O) groups is 2. The zero-order valence-electron chi connectivity index (χ0n) is 16.7. The van der Waals surface area contributed by atoms with Gasteiger partial charge in [0.15, 0.2) is 0 Å². The Morgan fingerprint density at radius 3 is 2.18 bits per heavy atom. The number of hydrogen-bond acceptors (Lipinski definition) is 3. The Bertz CT molecular complexity index is 849. The molecule has 4 rings (SSSR count). The smallest absolute Gasteiger partial charge is 0.251 e. The van der Waals surface area contributed by atoms with Crippen molar-refractivity contribution < 1.29 is 9.59 Å². The van der Waals surface area contributed by atoms with E-state index in [0.717, 1.165) is 49.2 Å². The zero-order valence-corrected chi connectivity index (χ0v) is 16.7. The van der Waals surface area contributed by atoms with Crippen LogP contribution in [0.1, 0.15) is 36.0 Å². The maximum atomic E-state index is 13.2. The predicted octanol–water partition coefficient (Wildman–Crippen LogP) is 3.89. The number of amides is 2. The Labute approximate surface area is 167 Å². The number of likely N-dealkylation sites (tertiary alicyclic amines) is 1. The normalized spacial score (nSPS) is 21.5. The van der Waals surface area contributed by atoms with Gasteiger partial charge < -0.3 is 0 Å². The highest BCUT2D eigenvalue weighted by Crippen LogP contribution is 2.33. The van der Waals surface area contributed by atoms with Crippen molar-refractivity contribution in [2.75, 3.05) is 18.0 Å². The summed E-state index contributed by atoms with van der Waals surface area (Å²) in [6.45, 7) is 5.71. The van der Waals surface area contributed by atoms with E-state index >= 15 is 0 Å². The standard InChI is InChI=1S/C24H28N2O2/c1-17-7-6-8-18(2)23(17)26-22(27)16-21(24(26)28)25-13-11-20(12-14-25)15-19-9-4-3-5-10-19/h3-10,20-21H,11-16H2,1-2H3/t21-/m1/s1. The minimum absolute atomic E-state index is 0.0519. The van der Waals surface area contributed by atoms with Gasteiger partial charge in [-0.2, -0.15) is 0 Å². The highest BCUT2D eigenvalue weighted by molar-refractivity contribution is 6.23. The van der Waals surface area contributed by atoms with Gasteiger partial charge in [-0.05, 0) is 68.8 Å². The molecule has 2 aromatic rings. The third kappa shape index (κ3) is 3.61. The maximum absolute atomic E-state index is 13.2. The molecule has 1 atom stereocenters. The number of anilines is 1. The fourth-order valence-corrected chi connectivity index (χ4v) is 4.71. The number of hydrogen-bond donors (Lipinski definition) is 0. The molecule has 0 spiro atoms. The second-order valence-electron chi connectivity index (χ2n) is 8.20. The summed E-state index contributed by atoms with van der Waals surface area (Å²) < 4.78 is 0. The first-order valence-corrected chi connectivity index (χ1v) is 10.3. The lowest BCUT2D eigenvalue weighted by molar-refractivity contribution is -0.123. The minimum Gasteiger partial charge on any atom is -0.292 e. The fraction of sp³-hybridized carbons (Fsp3) is 0.417. The van der Waals surface area contributed by atoms with Crippen molar-refractivity contribution in [1.82, 2.24) is 4.90 Å². The number of benzene rings is 2. The molecule has 2 fully saturated rings. The molecule has 2 aliphatic rings. The lowest BCUT2D eigenvalue weighted by atomic mass is 9.89. The molecule has 2 aliphatic heterocycles. The average molecular weight is 377 g/mol. The highest BCUT2D eigenvalue weighted by Gasteiger charge is 2.44. The van der Waals surface area contributed by atoms with E-state index in [1.165, 1.54) is 10.5 Å². The van der Waals surface area contributed by atoms with Crippen LogP contribution in [0.5, 0.6) is 0 Å². The summed E-state index contributed by atoms with van der Waals surface area (Å²) in [5.41, 5.74) is 4.11.